The van der Waals surface area contributed by atoms with Gasteiger partial charge in [0.1, 0.15) is 0 Å². The normalized spacial score (nSPS) is 11.8. The molecule has 16 heavy (non-hydrogen) atoms. The van der Waals surface area contributed by atoms with Crippen LogP contribution in [0.15, 0.2) is 48.5 Å². The van der Waals surface area contributed by atoms with E-state index in [-0.39, 0.29) is 0 Å². The van der Waals surface area contributed by atoms with Crippen molar-refractivity contribution in [1.82, 2.24) is 0 Å². The average molecular weight is 200 g/mol. The van der Waals surface area contributed by atoms with Crippen LogP contribution in [-0.2, 0) is 0 Å². The quantitative estimate of drug-likeness (QED) is 0.373. The molecule has 0 saturated heterocycles. The molecule has 4 aromatic rings. The zero-order chi connectivity index (χ0) is 10.5. The van der Waals surface area contributed by atoms with Gasteiger partial charge in [-0.15, -0.1) is 0 Å². The molecule has 0 aliphatic rings. The van der Waals surface area contributed by atoms with Gasteiger partial charge in [-0.3, -0.25) is 0 Å². The summed E-state index contributed by atoms with van der Waals surface area (Å²) in [6.45, 7) is 0. The molecule has 0 aliphatic carbocycles. The van der Waals surface area contributed by atoms with E-state index in [1.165, 1.54) is 32.3 Å². The zero-order valence-electron chi connectivity index (χ0n) is 8.62. The van der Waals surface area contributed by atoms with Gasteiger partial charge >= 0.3 is 0 Å². The molecular formula is C16H8. The molecule has 0 amide bonds. The van der Waals surface area contributed by atoms with E-state index in [9.17, 15) is 0 Å². The van der Waals surface area contributed by atoms with E-state index < -0.39 is 0 Å². The fraction of sp³-hybridized carbons (Fsp3) is 0. The molecule has 0 fully saturated rings. The van der Waals surface area contributed by atoms with Gasteiger partial charge in [-0.1, -0.05) is 36.4 Å². The Morgan fingerprint density at radius 2 is 1.44 bits per heavy atom. The lowest BCUT2D eigenvalue weighted by Gasteiger charge is -2.09. The van der Waals surface area contributed by atoms with Gasteiger partial charge < -0.3 is 0 Å². The van der Waals surface area contributed by atoms with Crippen LogP contribution in [0.4, 0.5) is 0 Å². The second kappa shape index (κ2) is 2.73. The van der Waals surface area contributed by atoms with Gasteiger partial charge in [0.2, 0.25) is 0 Å². The number of benzene rings is 4. The maximum atomic E-state index is 3.30. The minimum Gasteiger partial charge on any atom is -0.0537 e. The van der Waals surface area contributed by atoms with Crippen LogP contribution in [0.3, 0.4) is 0 Å². The fourth-order valence-electron chi connectivity index (χ4n) is 2.52. The molecule has 4 rings (SSSR count). The van der Waals surface area contributed by atoms with Crippen molar-refractivity contribution in [2.75, 3.05) is 0 Å². The molecule has 0 heterocycles. The first kappa shape index (κ1) is 8.12. The third kappa shape index (κ3) is 0.892. The summed E-state index contributed by atoms with van der Waals surface area (Å²) in [5, 5.41) is 7.67. The van der Waals surface area contributed by atoms with E-state index >= 15 is 0 Å². The first-order valence-electron chi connectivity index (χ1n) is 5.39. The van der Waals surface area contributed by atoms with Gasteiger partial charge in [0.25, 0.3) is 0 Å². The van der Waals surface area contributed by atoms with Crippen LogP contribution in [0.5, 0.6) is 0 Å². The summed E-state index contributed by atoms with van der Waals surface area (Å²) in [6.07, 6.45) is 0. The summed E-state index contributed by atoms with van der Waals surface area (Å²) in [7, 11) is 0. The van der Waals surface area contributed by atoms with E-state index in [2.05, 4.69) is 42.5 Å². The summed E-state index contributed by atoms with van der Waals surface area (Å²) in [4.78, 5) is 0. The monoisotopic (exact) mass is 200 g/mol. The maximum Gasteiger partial charge on any atom is -0.00206 e. The van der Waals surface area contributed by atoms with Gasteiger partial charge in [-0.2, -0.15) is 0 Å². The molecule has 2 radical (unpaired) electrons. The Bertz CT molecular complexity index is 667. The predicted octanol–water partition coefficient (Wildman–Crippen LogP) is 4.18. The topological polar surface area (TPSA) is 0 Å². The molecule has 72 valence electrons. The highest BCUT2D eigenvalue weighted by Crippen LogP contribution is 2.33. The highest BCUT2D eigenvalue weighted by Gasteiger charge is 2.06. The Kier molecular flexibility index (Phi) is 1.39. The van der Waals surface area contributed by atoms with Crippen LogP contribution < -0.4 is 0 Å². The van der Waals surface area contributed by atoms with Crippen molar-refractivity contribution in [3.63, 3.8) is 0 Å². The Morgan fingerprint density at radius 3 is 2.31 bits per heavy atom. The average Bonchev–Trinajstić information content (AvgIpc) is 2.36. The van der Waals surface area contributed by atoms with Crippen molar-refractivity contribution in [2.24, 2.45) is 0 Å². The molecule has 0 atom stereocenters. The lowest BCUT2D eigenvalue weighted by molar-refractivity contribution is 1.76. The first-order chi connectivity index (χ1) is 7.93. The van der Waals surface area contributed by atoms with Crippen molar-refractivity contribution >= 4 is 32.3 Å². The van der Waals surface area contributed by atoms with Crippen molar-refractivity contribution in [2.45, 2.75) is 0 Å². The molecule has 0 nitrogen and oxygen atoms in total. The summed E-state index contributed by atoms with van der Waals surface area (Å²) >= 11 is 0. The van der Waals surface area contributed by atoms with Crippen molar-refractivity contribution in [3.05, 3.63) is 60.7 Å². The van der Waals surface area contributed by atoms with E-state index in [0.717, 1.165) is 0 Å². The highest BCUT2D eigenvalue weighted by atomic mass is 14.1. The molecule has 0 bridgehead atoms. The number of rotatable bonds is 0. The first-order valence-corrected chi connectivity index (χ1v) is 5.39. The number of hydrogen-bond donors (Lipinski definition) is 0. The van der Waals surface area contributed by atoms with Crippen LogP contribution >= 0.6 is 0 Å². The van der Waals surface area contributed by atoms with E-state index in [1.54, 1.807) is 0 Å². The zero-order valence-corrected chi connectivity index (χ0v) is 8.62. The maximum absolute atomic E-state index is 3.30. The molecule has 0 aliphatic heterocycles. The lowest BCUT2D eigenvalue weighted by Crippen LogP contribution is -1.82. The standard InChI is InChI=1S/C16H8/c1-3-11-7-9-13-5-2-6-14-10-8-12(4-1)15(11)16(13)14/h1,3,5-10H. The van der Waals surface area contributed by atoms with Gasteiger partial charge in [0.05, 0.1) is 0 Å². The van der Waals surface area contributed by atoms with Gasteiger partial charge in [-0.05, 0) is 56.6 Å². The van der Waals surface area contributed by atoms with Crippen LogP contribution in [-0.4, -0.2) is 0 Å². The highest BCUT2D eigenvalue weighted by molar-refractivity contribution is 6.22. The van der Waals surface area contributed by atoms with Crippen LogP contribution in [0.25, 0.3) is 32.3 Å². The molecule has 0 unspecified atom stereocenters. The second-order valence-electron chi connectivity index (χ2n) is 4.13. The molecular weight excluding hydrogens is 192 g/mol. The van der Waals surface area contributed by atoms with E-state index in [0.29, 0.717) is 0 Å². The molecule has 0 aromatic heterocycles. The van der Waals surface area contributed by atoms with Crippen molar-refractivity contribution in [1.29, 1.82) is 0 Å². The second-order valence-corrected chi connectivity index (χ2v) is 4.13. The summed E-state index contributed by atoms with van der Waals surface area (Å²) < 4.78 is 0. The Balaban J connectivity index is 2.51. The molecule has 0 N–H and O–H groups in total. The lowest BCUT2D eigenvalue weighted by atomic mass is 9.95. The molecule has 4 aromatic carbocycles. The van der Waals surface area contributed by atoms with Crippen LogP contribution in [0.1, 0.15) is 0 Å². The smallest absolute Gasteiger partial charge is 0.00206 e. The minimum atomic E-state index is 1.20. The summed E-state index contributed by atoms with van der Waals surface area (Å²) in [6, 6.07) is 23.3. The third-order valence-corrected chi connectivity index (χ3v) is 3.24. The molecule has 0 saturated carbocycles. The van der Waals surface area contributed by atoms with Crippen molar-refractivity contribution < 1.29 is 0 Å². The van der Waals surface area contributed by atoms with Crippen LogP contribution in [0, 0.1) is 12.1 Å². The Morgan fingerprint density at radius 1 is 0.688 bits per heavy atom. The third-order valence-electron chi connectivity index (χ3n) is 3.24. The molecule has 0 spiro atoms. The van der Waals surface area contributed by atoms with Crippen LogP contribution in [0.2, 0.25) is 0 Å². The van der Waals surface area contributed by atoms with Gasteiger partial charge in [0, 0.05) is 0 Å². The summed E-state index contributed by atoms with van der Waals surface area (Å²) in [5.41, 5.74) is 0. The predicted molar refractivity (Wildman–Crippen MR) is 67.8 cm³/mol. The van der Waals surface area contributed by atoms with Gasteiger partial charge in [0.15, 0.2) is 0 Å². The summed E-state index contributed by atoms with van der Waals surface area (Å²) in [5.74, 6) is 0. The van der Waals surface area contributed by atoms with E-state index in [1.807, 2.05) is 18.2 Å². The van der Waals surface area contributed by atoms with Gasteiger partial charge in [-0.25, -0.2) is 0 Å². The SMILES string of the molecule is [c]1cc2ccc3[c]ccc4ccc(c1)c2c34. The molecule has 0 heteroatoms. The van der Waals surface area contributed by atoms with Crippen molar-refractivity contribution in [3.8, 4) is 0 Å². The number of hydrogen-bond acceptors (Lipinski definition) is 0. The minimum absolute atomic E-state index is 1.20. The van der Waals surface area contributed by atoms with E-state index in [4.69, 9.17) is 0 Å². The Hall–Kier alpha value is -2.08. The Labute approximate surface area is 93.5 Å². The fourth-order valence-corrected chi connectivity index (χ4v) is 2.52. The largest absolute Gasteiger partial charge is 0.0537 e.